The lowest BCUT2D eigenvalue weighted by molar-refractivity contribution is 0.429. The first kappa shape index (κ1) is 21.5. The van der Waals surface area contributed by atoms with Crippen LogP contribution in [0, 0.1) is 31.0 Å². The van der Waals surface area contributed by atoms with Gasteiger partial charge in [0.15, 0.2) is 0 Å². The van der Waals surface area contributed by atoms with Gasteiger partial charge in [-0.1, -0.05) is 12.1 Å². The van der Waals surface area contributed by atoms with E-state index in [9.17, 15) is 9.65 Å². The van der Waals surface area contributed by atoms with E-state index in [-0.39, 0.29) is 5.82 Å². The second kappa shape index (κ2) is 9.06. The van der Waals surface area contributed by atoms with Crippen LogP contribution in [0.4, 0.5) is 10.1 Å². The van der Waals surface area contributed by atoms with E-state index < -0.39 is 0 Å². The molecule has 0 saturated heterocycles. The van der Waals surface area contributed by atoms with E-state index in [0.29, 0.717) is 33.7 Å². The summed E-state index contributed by atoms with van der Waals surface area (Å²) in [5.41, 5.74) is 3.97. The Morgan fingerprint density at radius 3 is 2.67 bits per heavy atom. The van der Waals surface area contributed by atoms with Crippen LogP contribution in [0.25, 0.3) is 11.3 Å². The molecule has 0 spiro atoms. The molecular weight excluding hydrogens is 399 g/mol. The summed E-state index contributed by atoms with van der Waals surface area (Å²) in [6.07, 6.45) is 1.81. The Morgan fingerprint density at radius 2 is 2.00 bits per heavy atom. The van der Waals surface area contributed by atoms with Crippen LogP contribution in [-0.2, 0) is 0 Å². The molecule has 5 nitrogen and oxygen atoms in total. The number of benzene rings is 2. The molecule has 1 heterocycles. The molecule has 0 N–H and O–H groups in total. The van der Waals surface area contributed by atoms with Crippen LogP contribution in [0.1, 0.15) is 30.5 Å². The topological polar surface area (TPSA) is 61.5 Å². The molecule has 154 valence electrons. The number of rotatable bonds is 6. The normalized spacial score (nSPS) is 11.1. The predicted octanol–water partition coefficient (Wildman–Crippen LogP) is 6.23. The first-order valence-corrected chi connectivity index (χ1v) is 10.3. The molecule has 30 heavy (non-hydrogen) atoms. The monoisotopic (exact) mass is 422 g/mol. The van der Waals surface area contributed by atoms with Gasteiger partial charge >= 0.3 is 0 Å². The van der Waals surface area contributed by atoms with Gasteiger partial charge in [-0.2, -0.15) is 9.64 Å². The molecular formula is C23H23FN4OS. The maximum absolute atomic E-state index is 13.6. The molecule has 7 heteroatoms. The molecule has 0 unspecified atom stereocenters. The second-order valence-electron chi connectivity index (χ2n) is 7.33. The Hall–Kier alpha value is -3.24. The fourth-order valence-electron chi connectivity index (χ4n) is 2.69. The highest BCUT2D eigenvalue weighted by molar-refractivity contribution is 7.08. The van der Waals surface area contributed by atoms with Crippen LogP contribution >= 0.6 is 11.5 Å². The van der Waals surface area contributed by atoms with Crippen molar-refractivity contribution in [2.75, 3.05) is 7.05 Å². The van der Waals surface area contributed by atoms with Crippen molar-refractivity contribution in [2.24, 2.45) is 4.99 Å². The Morgan fingerprint density at radius 1 is 1.23 bits per heavy atom. The van der Waals surface area contributed by atoms with Crippen molar-refractivity contribution in [3.63, 3.8) is 0 Å². The molecule has 0 bridgehead atoms. The van der Waals surface area contributed by atoms with Crippen LogP contribution in [0.15, 0.2) is 41.4 Å². The molecule has 0 atom stereocenters. The molecule has 3 rings (SSSR count). The van der Waals surface area contributed by atoms with E-state index in [1.165, 1.54) is 12.1 Å². The maximum atomic E-state index is 13.6. The van der Waals surface area contributed by atoms with E-state index in [4.69, 9.17) is 4.74 Å². The highest BCUT2D eigenvalue weighted by Gasteiger charge is 2.19. The number of hydrogen-bond donors (Lipinski definition) is 0. The van der Waals surface area contributed by atoms with Gasteiger partial charge in [-0.25, -0.2) is 9.38 Å². The average molecular weight is 423 g/mol. The van der Waals surface area contributed by atoms with Crippen LogP contribution in [0.3, 0.4) is 0 Å². The van der Waals surface area contributed by atoms with Crippen molar-refractivity contribution < 1.29 is 9.13 Å². The molecule has 0 amide bonds. The van der Waals surface area contributed by atoms with Crippen molar-refractivity contribution in [1.82, 2.24) is 9.27 Å². The van der Waals surface area contributed by atoms with Crippen LogP contribution < -0.4 is 4.74 Å². The van der Waals surface area contributed by atoms with E-state index in [2.05, 4.69) is 29.3 Å². The lowest BCUT2D eigenvalue weighted by Gasteiger charge is -2.17. The quantitative estimate of drug-likeness (QED) is 0.349. The van der Waals surface area contributed by atoms with Gasteiger partial charge in [0.1, 0.15) is 28.9 Å². The minimum atomic E-state index is -0.377. The Kier molecular flexibility index (Phi) is 6.48. The van der Waals surface area contributed by atoms with Crippen molar-refractivity contribution in [3.8, 4) is 28.1 Å². The third kappa shape index (κ3) is 4.66. The lowest BCUT2D eigenvalue weighted by Crippen LogP contribution is -2.24. The third-order valence-electron chi connectivity index (χ3n) is 4.76. The van der Waals surface area contributed by atoms with Gasteiger partial charge in [0, 0.05) is 30.2 Å². The van der Waals surface area contributed by atoms with Crippen LogP contribution in [0.5, 0.6) is 10.8 Å². The van der Waals surface area contributed by atoms with E-state index >= 15 is 0 Å². The highest BCUT2D eigenvalue weighted by Crippen LogP contribution is 2.38. The van der Waals surface area contributed by atoms with Gasteiger partial charge in [-0.15, -0.1) is 0 Å². The van der Waals surface area contributed by atoms with Crippen molar-refractivity contribution >= 4 is 23.6 Å². The standard InChI is InChI=1S/C23H23FN4OS/c1-14(2)28(5)13-26-20-9-16(4)21(10-15(20)3)29-23-19(12-25)22(27-30-23)17-7-6-8-18(24)11-17/h6-11,13-14H,1-5H3/b26-13-. The number of aliphatic imine (C=N–C) groups is 1. The van der Waals surface area contributed by atoms with Gasteiger partial charge in [0.2, 0.25) is 5.06 Å². The zero-order valence-electron chi connectivity index (χ0n) is 17.6. The van der Waals surface area contributed by atoms with E-state index in [1.807, 2.05) is 44.3 Å². The Labute approximate surface area is 180 Å². The number of hydrogen-bond acceptors (Lipinski definition) is 5. The van der Waals surface area contributed by atoms with Crippen molar-refractivity contribution in [3.05, 3.63) is 58.9 Å². The zero-order valence-corrected chi connectivity index (χ0v) is 18.4. The number of ether oxygens (including phenoxy) is 1. The van der Waals surface area contributed by atoms with Gasteiger partial charge in [0.05, 0.1) is 12.0 Å². The number of halogens is 1. The summed E-state index contributed by atoms with van der Waals surface area (Å²) in [4.78, 5) is 6.60. The molecule has 0 aliphatic rings. The van der Waals surface area contributed by atoms with Crippen LogP contribution in [-0.4, -0.2) is 28.7 Å². The van der Waals surface area contributed by atoms with Crippen molar-refractivity contribution in [1.29, 1.82) is 5.26 Å². The molecule has 1 aromatic heterocycles. The van der Waals surface area contributed by atoms with Crippen molar-refractivity contribution in [2.45, 2.75) is 33.7 Å². The first-order valence-electron chi connectivity index (χ1n) is 9.51. The molecule has 3 aromatic rings. The number of aromatic nitrogens is 1. The number of aryl methyl sites for hydroxylation is 2. The molecule has 2 aromatic carbocycles. The van der Waals surface area contributed by atoms with Gasteiger partial charge < -0.3 is 9.64 Å². The van der Waals surface area contributed by atoms with Gasteiger partial charge in [0.25, 0.3) is 0 Å². The Balaban J connectivity index is 1.90. The molecule has 0 aliphatic carbocycles. The summed E-state index contributed by atoms with van der Waals surface area (Å²) >= 11 is 1.08. The first-order chi connectivity index (χ1) is 14.3. The molecule has 0 radical (unpaired) electrons. The summed E-state index contributed by atoms with van der Waals surface area (Å²) in [7, 11) is 1.98. The highest BCUT2D eigenvalue weighted by atomic mass is 32.1. The smallest absolute Gasteiger partial charge is 0.218 e. The molecule has 0 fully saturated rings. The summed E-state index contributed by atoms with van der Waals surface area (Å²) in [6.45, 7) is 8.09. The predicted molar refractivity (Wildman–Crippen MR) is 119 cm³/mol. The average Bonchev–Trinajstić information content (AvgIpc) is 3.11. The maximum Gasteiger partial charge on any atom is 0.218 e. The lowest BCUT2D eigenvalue weighted by atomic mass is 10.1. The second-order valence-corrected chi connectivity index (χ2v) is 8.06. The van der Waals surface area contributed by atoms with E-state index in [0.717, 1.165) is 28.3 Å². The largest absolute Gasteiger partial charge is 0.443 e. The van der Waals surface area contributed by atoms with Gasteiger partial charge in [-0.3, -0.25) is 0 Å². The zero-order chi connectivity index (χ0) is 21.8. The minimum Gasteiger partial charge on any atom is -0.443 e. The summed E-state index contributed by atoms with van der Waals surface area (Å²) < 4.78 is 23.9. The summed E-state index contributed by atoms with van der Waals surface area (Å²) in [5, 5.41) is 10.0. The Bertz CT molecular complexity index is 1130. The number of nitrogens with zero attached hydrogens (tertiary/aromatic N) is 4. The SMILES string of the molecule is Cc1cc(Oc2snc(-c3cccc(F)c3)c2C#N)c(C)cc1/N=C\N(C)C(C)C. The fourth-order valence-corrected chi connectivity index (χ4v) is 3.42. The minimum absolute atomic E-state index is 0.295. The molecule has 0 aliphatic heterocycles. The number of nitriles is 1. The molecule has 0 saturated carbocycles. The summed E-state index contributed by atoms with van der Waals surface area (Å²) in [5.74, 6) is 0.257. The summed E-state index contributed by atoms with van der Waals surface area (Å²) in [6, 6.07) is 12.4. The van der Waals surface area contributed by atoms with Gasteiger partial charge in [-0.05, 0) is 63.1 Å². The van der Waals surface area contributed by atoms with E-state index in [1.54, 1.807) is 12.1 Å². The third-order valence-corrected chi connectivity index (χ3v) is 5.49. The fraction of sp³-hybridized carbons (Fsp3) is 0.261. The van der Waals surface area contributed by atoms with Crippen LogP contribution in [0.2, 0.25) is 0 Å².